The van der Waals surface area contributed by atoms with Gasteiger partial charge in [-0.25, -0.2) is 4.98 Å². The number of amides is 1. The molecule has 0 aliphatic carbocycles. The second-order valence-corrected chi connectivity index (χ2v) is 4.22. The largest absolute Gasteiger partial charge is 0.356 e. The Balaban J connectivity index is 1.88. The molecule has 1 saturated heterocycles. The lowest BCUT2D eigenvalue weighted by Gasteiger charge is -2.31. The third-order valence-electron chi connectivity index (χ3n) is 3.09. The fraction of sp³-hybridized carbons (Fsp3) is 0.583. The van der Waals surface area contributed by atoms with Crippen molar-refractivity contribution in [2.45, 2.75) is 19.8 Å². The van der Waals surface area contributed by atoms with Crippen LogP contribution in [0.1, 0.15) is 19.8 Å². The number of nitrogens with one attached hydrogen (secondary N) is 1. The van der Waals surface area contributed by atoms with E-state index in [1.807, 2.05) is 6.92 Å². The van der Waals surface area contributed by atoms with Crippen molar-refractivity contribution in [2.75, 3.05) is 24.5 Å². The molecule has 0 aromatic carbocycles. The van der Waals surface area contributed by atoms with Gasteiger partial charge in [-0.1, -0.05) is 0 Å². The van der Waals surface area contributed by atoms with E-state index in [1.165, 1.54) is 0 Å². The lowest BCUT2D eigenvalue weighted by molar-refractivity contribution is -0.125. The molecule has 0 radical (unpaired) electrons. The van der Waals surface area contributed by atoms with Gasteiger partial charge in [-0.15, -0.1) is 0 Å². The summed E-state index contributed by atoms with van der Waals surface area (Å²) in [7, 11) is 0. The molecule has 0 unspecified atom stereocenters. The Morgan fingerprint density at radius 2 is 2.24 bits per heavy atom. The molecule has 17 heavy (non-hydrogen) atoms. The summed E-state index contributed by atoms with van der Waals surface area (Å²) in [5.41, 5.74) is 0. The highest BCUT2D eigenvalue weighted by molar-refractivity contribution is 5.78. The van der Waals surface area contributed by atoms with Gasteiger partial charge in [0.25, 0.3) is 0 Å². The molecule has 1 amide bonds. The molecule has 1 aliphatic rings. The van der Waals surface area contributed by atoms with Crippen molar-refractivity contribution < 1.29 is 4.79 Å². The summed E-state index contributed by atoms with van der Waals surface area (Å²) in [6, 6.07) is 0. The number of rotatable bonds is 3. The van der Waals surface area contributed by atoms with E-state index in [9.17, 15) is 4.79 Å². The van der Waals surface area contributed by atoms with E-state index in [4.69, 9.17) is 0 Å². The number of carbonyl (C=O) groups excluding carboxylic acids is 1. The number of nitrogens with zero attached hydrogens (tertiary/aromatic N) is 3. The van der Waals surface area contributed by atoms with Crippen LogP contribution in [0.15, 0.2) is 18.6 Å². The van der Waals surface area contributed by atoms with Crippen LogP contribution in [0.5, 0.6) is 0 Å². The summed E-state index contributed by atoms with van der Waals surface area (Å²) >= 11 is 0. The average molecular weight is 234 g/mol. The van der Waals surface area contributed by atoms with Gasteiger partial charge in [-0.2, -0.15) is 0 Å². The normalized spacial score (nSPS) is 16.9. The Hall–Kier alpha value is -1.65. The topological polar surface area (TPSA) is 58.1 Å². The van der Waals surface area contributed by atoms with E-state index < -0.39 is 0 Å². The van der Waals surface area contributed by atoms with E-state index in [0.717, 1.165) is 31.7 Å². The second-order valence-electron chi connectivity index (χ2n) is 4.22. The fourth-order valence-electron chi connectivity index (χ4n) is 2.14. The molecular formula is C12H18N4O. The van der Waals surface area contributed by atoms with E-state index in [0.29, 0.717) is 6.54 Å². The van der Waals surface area contributed by atoms with Gasteiger partial charge in [0, 0.05) is 37.9 Å². The predicted molar refractivity (Wildman–Crippen MR) is 65.7 cm³/mol. The molecule has 0 bridgehead atoms. The van der Waals surface area contributed by atoms with Crippen LogP contribution in [0.3, 0.4) is 0 Å². The third-order valence-corrected chi connectivity index (χ3v) is 3.09. The second kappa shape index (κ2) is 5.61. The zero-order valence-electron chi connectivity index (χ0n) is 10.1. The van der Waals surface area contributed by atoms with Crippen LogP contribution in [-0.4, -0.2) is 35.5 Å². The van der Waals surface area contributed by atoms with Gasteiger partial charge in [0.2, 0.25) is 5.91 Å². The van der Waals surface area contributed by atoms with Crippen molar-refractivity contribution in [1.29, 1.82) is 0 Å². The molecule has 0 saturated carbocycles. The standard InChI is InChI=1S/C12H18N4O/c1-2-14-12(17)10-3-7-16(8-4-10)11-9-13-5-6-15-11/h5-6,9-10H,2-4,7-8H2,1H3,(H,14,17). The van der Waals surface area contributed by atoms with E-state index in [-0.39, 0.29) is 11.8 Å². The van der Waals surface area contributed by atoms with Gasteiger partial charge < -0.3 is 10.2 Å². The summed E-state index contributed by atoms with van der Waals surface area (Å²) < 4.78 is 0. The average Bonchev–Trinajstić information content (AvgIpc) is 2.40. The van der Waals surface area contributed by atoms with Gasteiger partial charge in [0.05, 0.1) is 6.20 Å². The zero-order chi connectivity index (χ0) is 12.1. The molecule has 1 aromatic heterocycles. The van der Waals surface area contributed by atoms with Crippen molar-refractivity contribution in [1.82, 2.24) is 15.3 Å². The molecule has 1 fully saturated rings. The molecule has 0 spiro atoms. The monoisotopic (exact) mass is 234 g/mol. The first-order chi connectivity index (χ1) is 8.31. The van der Waals surface area contributed by atoms with Crippen molar-refractivity contribution >= 4 is 11.7 Å². The highest BCUT2D eigenvalue weighted by atomic mass is 16.1. The summed E-state index contributed by atoms with van der Waals surface area (Å²) in [5.74, 6) is 1.25. The summed E-state index contributed by atoms with van der Waals surface area (Å²) in [5, 5.41) is 2.88. The lowest BCUT2D eigenvalue weighted by atomic mass is 9.96. The molecule has 1 aromatic rings. The quantitative estimate of drug-likeness (QED) is 0.841. The smallest absolute Gasteiger partial charge is 0.223 e. The van der Waals surface area contributed by atoms with E-state index in [2.05, 4.69) is 20.2 Å². The van der Waals surface area contributed by atoms with Crippen LogP contribution in [-0.2, 0) is 4.79 Å². The Morgan fingerprint density at radius 3 is 2.82 bits per heavy atom. The number of piperidine rings is 1. The minimum Gasteiger partial charge on any atom is -0.356 e. The molecule has 2 rings (SSSR count). The molecule has 0 atom stereocenters. The maximum Gasteiger partial charge on any atom is 0.223 e. The molecule has 92 valence electrons. The fourth-order valence-corrected chi connectivity index (χ4v) is 2.14. The van der Waals surface area contributed by atoms with Crippen molar-refractivity contribution in [2.24, 2.45) is 5.92 Å². The number of hydrogen-bond acceptors (Lipinski definition) is 4. The van der Waals surface area contributed by atoms with Gasteiger partial charge >= 0.3 is 0 Å². The molecule has 5 heteroatoms. The Labute approximate surface area is 101 Å². The first-order valence-corrected chi connectivity index (χ1v) is 6.10. The third kappa shape index (κ3) is 2.93. The number of hydrogen-bond donors (Lipinski definition) is 1. The van der Waals surface area contributed by atoms with Gasteiger partial charge in [-0.05, 0) is 19.8 Å². The number of anilines is 1. The molecule has 2 heterocycles. The maximum atomic E-state index is 11.7. The SMILES string of the molecule is CCNC(=O)C1CCN(c2cnccn2)CC1. The van der Waals surface area contributed by atoms with E-state index >= 15 is 0 Å². The molecule has 1 aliphatic heterocycles. The zero-order valence-corrected chi connectivity index (χ0v) is 10.1. The number of aromatic nitrogens is 2. The van der Waals surface area contributed by atoms with Crippen LogP contribution in [0, 0.1) is 5.92 Å². The van der Waals surface area contributed by atoms with Gasteiger partial charge in [0.1, 0.15) is 5.82 Å². The highest BCUT2D eigenvalue weighted by Crippen LogP contribution is 2.20. The van der Waals surface area contributed by atoms with Gasteiger partial charge in [0.15, 0.2) is 0 Å². The molecule has 1 N–H and O–H groups in total. The minimum absolute atomic E-state index is 0.155. The summed E-state index contributed by atoms with van der Waals surface area (Å²) in [4.78, 5) is 22.2. The lowest BCUT2D eigenvalue weighted by Crippen LogP contribution is -2.40. The van der Waals surface area contributed by atoms with Crippen LogP contribution < -0.4 is 10.2 Å². The van der Waals surface area contributed by atoms with Crippen molar-refractivity contribution in [3.05, 3.63) is 18.6 Å². The van der Waals surface area contributed by atoms with Crippen LogP contribution in [0.25, 0.3) is 0 Å². The van der Waals surface area contributed by atoms with Crippen molar-refractivity contribution in [3.8, 4) is 0 Å². The summed E-state index contributed by atoms with van der Waals surface area (Å²) in [6.45, 7) is 4.41. The van der Waals surface area contributed by atoms with Crippen LogP contribution in [0.4, 0.5) is 5.82 Å². The number of carbonyl (C=O) groups is 1. The Kier molecular flexibility index (Phi) is 3.90. The summed E-state index contributed by atoms with van der Waals surface area (Å²) in [6.07, 6.45) is 6.92. The molecule has 5 nitrogen and oxygen atoms in total. The van der Waals surface area contributed by atoms with E-state index in [1.54, 1.807) is 18.6 Å². The van der Waals surface area contributed by atoms with Gasteiger partial charge in [-0.3, -0.25) is 9.78 Å². The minimum atomic E-state index is 0.155. The van der Waals surface area contributed by atoms with Crippen LogP contribution >= 0.6 is 0 Å². The first-order valence-electron chi connectivity index (χ1n) is 6.10. The maximum absolute atomic E-state index is 11.7. The Bertz CT molecular complexity index is 360. The van der Waals surface area contributed by atoms with Crippen molar-refractivity contribution in [3.63, 3.8) is 0 Å². The first kappa shape index (κ1) is 11.8. The Morgan fingerprint density at radius 1 is 1.47 bits per heavy atom. The molecular weight excluding hydrogens is 216 g/mol. The predicted octanol–water partition coefficient (Wildman–Crippen LogP) is 0.829. The highest BCUT2D eigenvalue weighted by Gasteiger charge is 2.24. The van der Waals surface area contributed by atoms with Crippen LogP contribution in [0.2, 0.25) is 0 Å².